The molecule has 0 amide bonds. The first-order valence-electron chi connectivity index (χ1n) is 14.0. The van der Waals surface area contributed by atoms with E-state index >= 15 is 0 Å². The number of aryl methyl sites for hydroxylation is 1. The molecule has 41 heavy (non-hydrogen) atoms. The van der Waals surface area contributed by atoms with Crippen molar-refractivity contribution in [1.82, 2.24) is 14.9 Å². The number of cyclic esters (lactones) is 1. The third-order valence-corrected chi connectivity index (χ3v) is 8.22. The Morgan fingerprint density at radius 3 is 2.71 bits per heavy atom. The number of aromatic nitrogens is 2. The van der Waals surface area contributed by atoms with Gasteiger partial charge < -0.3 is 29.6 Å². The highest BCUT2D eigenvalue weighted by Crippen LogP contribution is 2.41. The van der Waals surface area contributed by atoms with Crippen molar-refractivity contribution in [2.24, 2.45) is 0 Å². The minimum absolute atomic E-state index is 0.00522. The number of aliphatic hydroxyl groups is 1. The molecule has 4 heterocycles. The highest BCUT2D eigenvalue weighted by atomic mass is 16.6. The molecule has 3 aromatic rings. The maximum Gasteiger partial charge on any atom is 0.343 e. The van der Waals surface area contributed by atoms with Crippen molar-refractivity contribution < 1.29 is 29.3 Å². The number of pyridine rings is 2. The zero-order valence-corrected chi connectivity index (χ0v) is 23.6. The van der Waals surface area contributed by atoms with Crippen LogP contribution in [0.25, 0.3) is 22.3 Å². The van der Waals surface area contributed by atoms with E-state index in [1.54, 1.807) is 23.6 Å². The van der Waals surface area contributed by atoms with E-state index in [0.29, 0.717) is 42.0 Å². The minimum Gasteiger partial charge on any atom is -0.485 e. The van der Waals surface area contributed by atoms with Gasteiger partial charge in [-0.3, -0.25) is 4.79 Å². The molecule has 0 saturated heterocycles. The van der Waals surface area contributed by atoms with Crippen LogP contribution in [0, 0.1) is 0 Å². The molecule has 0 spiro atoms. The van der Waals surface area contributed by atoms with Crippen LogP contribution in [0.1, 0.15) is 61.8 Å². The van der Waals surface area contributed by atoms with Gasteiger partial charge in [0.2, 0.25) is 0 Å². The third-order valence-electron chi connectivity index (χ3n) is 8.22. The number of carbonyl (C=O) groups excluding carboxylic acids is 1. The van der Waals surface area contributed by atoms with Gasteiger partial charge in [0.15, 0.2) is 5.60 Å². The molecule has 3 N–H and O–H groups in total. The van der Waals surface area contributed by atoms with Crippen LogP contribution in [0.15, 0.2) is 41.2 Å². The van der Waals surface area contributed by atoms with Crippen LogP contribution in [0.3, 0.4) is 0 Å². The van der Waals surface area contributed by atoms with Gasteiger partial charge in [0.05, 0.1) is 34.6 Å². The molecule has 216 valence electrons. The summed E-state index contributed by atoms with van der Waals surface area (Å²) in [5.74, 6) is -1.33. The Balaban J connectivity index is 1.56. The van der Waals surface area contributed by atoms with E-state index in [-0.39, 0.29) is 35.3 Å². The van der Waals surface area contributed by atoms with Gasteiger partial charge in [-0.1, -0.05) is 20.4 Å². The van der Waals surface area contributed by atoms with E-state index in [4.69, 9.17) is 14.5 Å². The Labute approximate surface area is 237 Å². The Bertz CT molecular complexity index is 1630. The summed E-state index contributed by atoms with van der Waals surface area (Å²) in [4.78, 5) is 42.6. The fraction of sp³-hybridized carbons (Fsp3) is 0.419. The molecular weight excluding hydrogens is 526 g/mol. The van der Waals surface area contributed by atoms with Crippen LogP contribution >= 0.6 is 0 Å². The second kappa shape index (κ2) is 11.1. The summed E-state index contributed by atoms with van der Waals surface area (Å²) in [7, 11) is 1.87. The van der Waals surface area contributed by atoms with Gasteiger partial charge in [0.1, 0.15) is 18.5 Å². The maximum atomic E-state index is 13.6. The van der Waals surface area contributed by atoms with Crippen molar-refractivity contribution in [3.8, 4) is 17.1 Å². The van der Waals surface area contributed by atoms with E-state index < -0.39 is 23.6 Å². The van der Waals surface area contributed by atoms with Crippen molar-refractivity contribution >= 4 is 22.8 Å². The number of hydrogen-bond acceptors (Lipinski definition) is 8. The Morgan fingerprint density at radius 2 is 2.02 bits per heavy atom. The molecule has 0 fully saturated rings. The Morgan fingerprint density at radius 1 is 1.24 bits per heavy atom. The molecule has 2 aliphatic rings. The molecule has 10 heteroatoms. The van der Waals surface area contributed by atoms with Gasteiger partial charge in [-0.15, -0.1) is 0 Å². The topological polar surface area (TPSA) is 140 Å². The summed E-state index contributed by atoms with van der Waals surface area (Å²) in [6.45, 7) is 8.40. The quantitative estimate of drug-likeness (QED) is 0.143. The highest BCUT2D eigenvalue weighted by molar-refractivity contribution is 5.90. The molecule has 0 radical (unpaired) electrons. The zero-order chi connectivity index (χ0) is 29.5. The lowest BCUT2D eigenvalue weighted by molar-refractivity contribution is -0.172. The number of carboxylic acid groups (broad SMARTS) is 1. The van der Waals surface area contributed by atoms with Gasteiger partial charge >= 0.3 is 11.9 Å². The van der Waals surface area contributed by atoms with Crippen LogP contribution in [0.2, 0.25) is 0 Å². The van der Waals surface area contributed by atoms with Gasteiger partial charge in [-0.25, -0.2) is 14.6 Å². The normalized spacial score (nSPS) is 17.9. The number of rotatable bonds is 11. The van der Waals surface area contributed by atoms with E-state index in [1.165, 1.54) is 0 Å². The van der Waals surface area contributed by atoms with Crippen molar-refractivity contribution in [1.29, 1.82) is 0 Å². The molecule has 2 aliphatic heterocycles. The Hall–Kier alpha value is -4.02. The van der Waals surface area contributed by atoms with Gasteiger partial charge in [0, 0.05) is 16.5 Å². The molecule has 5 rings (SSSR count). The number of ether oxygens (including phenoxy) is 2. The minimum atomic E-state index is -1.88. The average molecular weight is 562 g/mol. The standard InChI is InChI=1S/C31H35N3O7/c1-5-19-20-13-18(41-26(17(3)29(36)37)9-7-8-12-32-4)10-11-24(20)33-27-21(19)15-34-25(27)14-23-22(28(34)35)16-40-30(38)31(23,39)6-2/h10-11,13-14,26,32,39H,3,5-9,12,15-16H2,1-2,4H3,(H,36,37)/t26?,31-/m0/s1. The van der Waals surface area contributed by atoms with Crippen LogP contribution in [-0.2, 0) is 39.5 Å². The first-order chi connectivity index (χ1) is 19.6. The number of esters is 1. The monoisotopic (exact) mass is 561 g/mol. The largest absolute Gasteiger partial charge is 0.485 e. The molecule has 10 nitrogen and oxygen atoms in total. The number of carboxylic acids is 1. The summed E-state index contributed by atoms with van der Waals surface area (Å²) in [5, 5.41) is 24.6. The summed E-state index contributed by atoms with van der Waals surface area (Å²) in [6.07, 6.45) is 2.24. The summed E-state index contributed by atoms with van der Waals surface area (Å²) >= 11 is 0. The Kier molecular flexibility index (Phi) is 7.72. The number of aliphatic carboxylic acids is 1. The van der Waals surface area contributed by atoms with E-state index in [9.17, 15) is 24.6 Å². The summed E-state index contributed by atoms with van der Waals surface area (Å²) in [6, 6.07) is 7.16. The number of carbonyl (C=O) groups is 2. The summed E-state index contributed by atoms with van der Waals surface area (Å²) in [5.41, 5.74) is 2.16. The smallest absolute Gasteiger partial charge is 0.343 e. The molecule has 0 saturated carbocycles. The lowest BCUT2D eigenvalue weighted by Crippen LogP contribution is -2.44. The number of benzene rings is 1. The number of unbranched alkanes of at least 4 members (excludes halogenated alkanes) is 1. The SMILES string of the molecule is C=C(C(=O)O)C(CCCCNC)Oc1ccc2nc3c(c(CC)c2c1)Cn1c-3cc2c(c1=O)COC(=O)[C@]2(O)CC. The van der Waals surface area contributed by atoms with Gasteiger partial charge in [0.25, 0.3) is 5.56 Å². The van der Waals surface area contributed by atoms with Crippen LogP contribution in [0.4, 0.5) is 0 Å². The number of hydrogen-bond donors (Lipinski definition) is 3. The number of fused-ring (bicyclic) bond motifs is 5. The fourth-order valence-electron chi connectivity index (χ4n) is 5.86. The fourth-order valence-corrected chi connectivity index (χ4v) is 5.86. The first kappa shape index (κ1) is 28.5. The second-order valence-corrected chi connectivity index (χ2v) is 10.6. The zero-order valence-electron chi connectivity index (χ0n) is 23.6. The van der Waals surface area contributed by atoms with E-state index in [1.807, 2.05) is 26.1 Å². The molecule has 2 aromatic heterocycles. The van der Waals surface area contributed by atoms with E-state index in [0.717, 1.165) is 35.9 Å². The number of nitrogens with one attached hydrogen (secondary N) is 1. The molecular formula is C31H35N3O7. The lowest BCUT2D eigenvalue weighted by Gasteiger charge is -2.31. The van der Waals surface area contributed by atoms with Gasteiger partial charge in [-0.05, 0) is 75.5 Å². The van der Waals surface area contributed by atoms with Crippen molar-refractivity contribution in [3.05, 3.63) is 69.0 Å². The lowest BCUT2D eigenvalue weighted by atomic mass is 9.86. The van der Waals surface area contributed by atoms with Crippen molar-refractivity contribution in [2.75, 3.05) is 13.6 Å². The predicted octanol–water partition coefficient (Wildman–Crippen LogP) is 3.42. The average Bonchev–Trinajstić information content (AvgIpc) is 3.33. The van der Waals surface area contributed by atoms with Crippen molar-refractivity contribution in [3.63, 3.8) is 0 Å². The summed E-state index contributed by atoms with van der Waals surface area (Å²) < 4.78 is 13.0. The van der Waals surface area contributed by atoms with Gasteiger partial charge in [-0.2, -0.15) is 0 Å². The molecule has 2 atom stereocenters. The molecule has 0 aliphatic carbocycles. The maximum absolute atomic E-state index is 13.6. The van der Waals surface area contributed by atoms with Crippen LogP contribution in [-0.4, -0.2) is 51.4 Å². The molecule has 1 aromatic carbocycles. The van der Waals surface area contributed by atoms with E-state index in [2.05, 4.69) is 11.9 Å². The molecule has 0 bridgehead atoms. The predicted molar refractivity (Wildman–Crippen MR) is 153 cm³/mol. The van der Waals surface area contributed by atoms with Crippen molar-refractivity contribution in [2.45, 2.75) is 70.8 Å². The third kappa shape index (κ3) is 4.81. The first-order valence-corrected chi connectivity index (χ1v) is 14.0. The van der Waals surface area contributed by atoms with Crippen LogP contribution in [0.5, 0.6) is 5.75 Å². The highest BCUT2D eigenvalue weighted by Gasteiger charge is 2.45. The number of nitrogens with zero attached hydrogens (tertiary/aromatic N) is 2. The molecule has 1 unspecified atom stereocenters. The van der Waals surface area contributed by atoms with Crippen LogP contribution < -0.4 is 15.6 Å². The second-order valence-electron chi connectivity index (χ2n) is 10.6.